The zero-order valence-electron chi connectivity index (χ0n) is 14.5. The van der Waals surface area contributed by atoms with E-state index >= 15 is 0 Å². The molecular weight excluding hydrogens is 373 g/mol. The fraction of sp³-hybridized carbons (Fsp3) is 0.368. The normalized spacial score (nSPS) is 26.6. The minimum atomic E-state index is -1.16. The molecule has 3 aromatic rings. The summed E-state index contributed by atoms with van der Waals surface area (Å²) in [5.74, 6) is -1.30. The van der Waals surface area contributed by atoms with Gasteiger partial charge in [-0.05, 0) is 37.1 Å². The molecule has 27 heavy (non-hydrogen) atoms. The second-order valence-electron chi connectivity index (χ2n) is 6.99. The maximum atomic E-state index is 13.7. The monoisotopic (exact) mass is 391 g/mol. The van der Waals surface area contributed by atoms with Crippen LogP contribution in [-0.4, -0.2) is 42.1 Å². The third kappa shape index (κ3) is 3.00. The average molecular weight is 392 g/mol. The number of halogens is 2. The SMILES string of the molecule is Cc1ncnc2c1ccn2C1C[C@H]([C@@H](O)c2ccc(Cl)c(F)c2)[C@@H](O)[C@H]1O. The molecule has 0 spiro atoms. The van der Waals surface area contributed by atoms with Crippen molar-refractivity contribution >= 4 is 22.6 Å². The summed E-state index contributed by atoms with van der Waals surface area (Å²) in [6.07, 6.45) is 0.167. The van der Waals surface area contributed by atoms with Crippen molar-refractivity contribution < 1.29 is 19.7 Å². The van der Waals surface area contributed by atoms with E-state index in [0.29, 0.717) is 17.6 Å². The highest BCUT2D eigenvalue weighted by Crippen LogP contribution is 2.43. The van der Waals surface area contributed by atoms with Crippen molar-refractivity contribution in [3.63, 3.8) is 0 Å². The number of nitrogens with zero attached hydrogens (tertiary/aromatic N) is 3. The number of benzene rings is 1. The van der Waals surface area contributed by atoms with Crippen molar-refractivity contribution in [3.8, 4) is 0 Å². The molecule has 0 aliphatic heterocycles. The molecule has 2 aromatic heterocycles. The predicted molar refractivity (Wildman–Crippen MR) is 97.8 cm³/mol. The maximum Gasteiger partial charge on any atom is 0.143 e. The quantitative estimate of drug-likeness (QED) is 0.638. The highest BCUT2D eigenvalue weighted by molar-refractivity contribution is 6.30. The summed E-state index contributed by atoms with van der Waals surface area (Å²) < 4.78 is 15.5. The Labute approximate surface area is 159 Å². The number of aliphatic hydroxyl groups excluding tert-OH is 3. The number of hydrogen-bond acceptors (Lipinski definition) is 5. The first kappa shape index (κ1) is 18.3. The van der Waals surface area contributed by atoms with Gasteiger partial charge < -0.3 is 19.9 Å². The van der Waals surface area contributed by atoms with Crippen LogP contribution in [0.15, 0.2) is 36.8 Å². The summed E-state index contributed by atoms with van der Waals surface area (Å²) in [5.41, 5.74) is 1.79. The zero-order chi connectivity index (χ0) is 19.3. The summed E-state index contributed by atoms with van der Waals surface area (Å²) in [7, 11) is 0. The molecule has 0 saturated heterocycles. The fourth-order valence-corrected chi connectivity index (χ4v) is 4.06. The van der Waals surface area contributed by atoms with Gasteiger partial charge in [-0.25, -0.2) is 14.4 Å². The lowest BCUT2D eigenvalue weighted by atomic mass is 9.92. The number of aryl methyl sites for hydroxylation is 1. The molecule has 0 bridgehead atoms. The van der Waals surface area contributed by atoms with E-state index in [1.165, 1.54) is 18.5 Å². The number of aliphatic hydroxyl groups is 3. The van der Waals surface area contributed by atoms with Crippen molar-refractivity contribution in [2.45, 2.75) is 37.7 Å². The summed E-state index contributed by atoms with van der Waals surface area (Å²) in [5, 5.41) is 32.6. The molecule has 1 aliphatic rings. The third-order valence-corrected chi connectivity index (χ3v) is 5.76. The molecule has 0 amide bonds. The first-order chi connectivity index (χ1) is 12.9. The lowest BCUT2D eigenvalue weighted by molar-refractivity contribution is -0.0265. The second-order valence-corrected chi connectivity index (χ2v) is 7.39. The van der Waals surface area contributed by atoms with E-state index in [9.17, 15) is 19.7 Å². The smallest absolute Gasteiger partial charge is 0.143 e. The van der Waals surface area contributed by atoms with E-state index in [1.807, 2.05) is 13.0 Å². The van der Waals surface area contributed by atoms with Gasteiger partial charge >= 0.3 is 0 Å². The van der Waals surface area contributed by atoms with Gasteiger partial charge in [-0.3, -0.25) is 0 Å². The predicted octanol–water partition coefficient (Wildman–Crippen LogP) is 2.55. The molecule has 4 rings (SSSR count). The van der Waals surface area contributed by atoms with Gasteiger partial charge in [-0.1, -0.05) is 17.7 Å². The van der Waals surface area contributed by atoms with E-state index in [4.69, 9.17) is 11.6 Å². The second kappa shape index (κ2) is 6.83. The molecule has 1 unspecified atom stereocenters. The van der Waals surface area contributed by atoms with Crippen LogP contribution in [0.1, 0.15) is 29.8 Å². The van der Waals surface area contributed by atoms with Crippen LogP contribution in [0.3, 0.4) is 0 Å². The van der Waals surface area contributed by atoms with E-state index in [0.717, 1.165) is 17.1 Å². The van der Waals surface area contributed by atoms with Crippen LogP contribution in [0, 0.1) is 18.7 Å². The van der Waals surface area contributed by atoms with E-state index in [1.54, 1.807) is 10.8 Å². The zero-order valence-corrected chi connectivity index (χ0v) is 15.3. The number of hydrogen-bond donors (Lipinski definition) is 3. The minimum Gasteiger partial charge on any atom is -0.390 e. The van der Waals surface area contributed by atoms with Crippen LogP contribution < -0.4 is 0 Å². The summed E-state index contributed by atoms with van der Waals surface area (Å²) in [6.45, 7) is 1.87. The van der Waals surface area contributed by atoms with Gasteiger partial charge in [0.2, 0.25) is 0 Å². The number of rotatable bonds is 3. The van der Waals surface area contributed by atoms with Gasteiger partial charge in [0.15, 0.2) is 0 Å². The Balaban J connectivity index is 1.66. The molecule has 142 valence electrons. The lowest BCUT2D eigenvalue weighted by Crippen LogP contribution is -2.31. The number of fused-ring (bicyclic) bond motifs is 1. The van der Waals surface area contributed by atoms with Crippen molar-refractivity contribution in [1.82, 2.24) is 14.5 Å². The topological polar surface area (TPSA) is 91.4 Å². The Bertz CT molecular complexity index is 995. The molecule has 5 atom stereocenters. The first-order valence-corrected chi connectivity index (χ1v) is 9.03. The minimum absolute atomic E-state index is 0.0373. The van der Waals surface area contributed by atoms with Crippen LogP contribution >= 0.6 is 11.6 Å². The van der Waals surface area contributed by atoms with E-state index < -0.39 is 36.1 Å². The lowest BCUT2D eigenvalue weighted by Gasteiger charge is -2.22. The van der Waals surface area contributed by atoms with Crippen molar-refractivity contribution in [2.24, 2.45) is 5.92 Å². The summed E-state index contributed by atoms with van der Waals surface area (Å²) >= 11 is 5.69. The van der Waals surface area contributed by atoms with E-state index in [-0.39, 0.29) is 5.02 Å². The fourth-order valence-electron chi connectivity index (χ4n) is 3.94. The van der Waals surface area contributed by atoms with Gasteiger partial charge in [-0.2, -0.15) is 0 Å². The molecule has 8 heteroatoms. The van der Waals surface area contributed by atoms with E-state index in [2.05, 4.69) is 9.97 Å². The molecule has 1 aromatic carbocycles. The van der Waals surface area contributed by atoms with Crippen LogP contribution in [0.25, 0.3) is 11.0 Å². The molecule has 2 heterocycles. The van der Waals surface area contributed by atoms with Crippen LogP contribution in [0.4, 0.5) is 4.39 Å². The van der Waals surface area contributed by atoms with Crippen molar-refractivity contribution in [2.75, 3.05) is 0 Å². The Morgan fingerprint density at radius 3 is 2.74 bits per heavy atom. The standard InChI is InChI=1S/C19H19ClFN3O3/c1-9-11-4-5-24(19(11)23-8-22-9)15-7-12(17(26)18(15)27)16(25)10-2-3-13(20)14(21)6-10/h2-6,8,12,15-18,25-27H,7H2,1H3/t12-,15?,16+,17-,18+/m1/s1. The molecular formula is C19H19ClFN3O3. The van der Waals surface area contributed by atoms with Gasteiger partial charge in [0, 0.05) is 17.5 Å². The molecule has 1 aliphatic carbocycles. The highest BCUT2D eigenvalue weighted by Gasteiger charge is 2.46. The Hall–Kier alpha value is -2.06. The molecule has 1 fully saturated rings. The van der Waals surface area contributed by atoms with Gasteiger partial charge in [0.05, 0.1) is 29.0 Å². The Morgan fingerprint density at radius 2 is 2.00 bits per heavy atom. The Morgan fingerprint density at radius 1 is 1.22 bits per heavy atom. The molecule has 0 radical (unpaired) electrons. The first-order valence-electron chi connectivity index (χ1n) is 8.65. The highest BCUT2D eigenvalue weighted by atomic mass is 35.5. The summed E-state index contributed by atoms with van der Waals surface area (Å²) in [4.78, 5) is 8.44. The van der Waals surface area contributed by atoms with Crippen LogP contribution in [0.5, 0.6) is 0 Å². The molecule has 3 N–H and O–H groups in total. The van der Waals surface area contributed by atoms with Gasteiger partial charge in [0.25, 0.3) is 0 Å². The third-order valence-electron chi connectivity index (χ3n) is 5.45. The largest absolute Gasteiger partial charge is 0.390 e. The van der Waals surface area contributed by atoms with Gasteiger partial charge in [-0.15, -0.1) is 0 Å². The van der Waals surface area contributed by atoms with Crippen LogP contribution in [0.2, 0.25) is 5.02 Å². The molecule has 6 nitrogen and oxygen atoms in total. The van der Waals surface area contributed by atoms with Crippen molar-refractivity contribution in [3.05, 3.63) is 58.9 Å². The molecule has 1 saturated carbocycles. The summed E-state index contributed by atoms with van der Waals surface area (Å²) in [6, 6.07) is 5.43. The van der Waals surface area contributed by atoms with Crippen molar-refractivity contribution in [1.29, 1.82) is 0 Å². The average Bonchev–Trinajstić information content (AvgIpc) is 3.20. The number of aromatic nitrogens is 3. The van der Waals surface area contributed by atoms with Gasteiger partial charge in [0.1, 0.15) is 23.9 Å². The van der Waals surface area contributed by atoms with Crippen LogP contribution in [-0.2, 0) is 0 Å². The Kier molecular flexibility index (Phi) is 4.63. The maximum absolute atomic E-state index is 13.7.